The predicted octanol–water partition coefficient (Wildman–Crippen LogP) is 3.62. The summed E-state index contributed by atoms with van der Waals surface area (Å²) >= 11 is 0. The second-order valence-corrected chi connectivity index (χ2v) is 6.49. The maximum atomic E-state index is 5.58. The first-order valence-electron chi connectivity index (χ1n) is 9.52. The number of guanidine groups is 1. The highest BCUT2D eigenvalue weighted by Crippen LogP contribution is 2.07. The van der Waals surface area contributed by atoms with Crippen molar-refractivity contribution in [2.24, 2.45) is 4.99 Å². The van der Waals surface area contributed by atoms with Crippen LogP contribution in [0.3, 0.4) is 0 Å². The number of rotatable bonds is 11. The zero-order valence-corrected chi connectivity index (χ0v) is 19.4. The molecule has 0 aliphatic heterocycles. The molecule has 0 radical (unpaired) electrons. The van der Waals surface area contributed by atoms with Crippen molar-refractivity contribution in [2.75, 3.05) is 33.8 Å². The lowest BCUT2D eigenvalue weighted by Crippen LogP contribution is -2.37. The molecule has 0 bridgehead atoms. The van der Waals surface area contributed by atoms with Gasteiger partial charge in [-0.15, -0.1) is 24.0 Å². The van der Waals surface area contributed by atoms with E-state index in [-0.39, 0.29) is 24.0 Å². The van der Waals surface area contributed by atoms with Crippen LogP contribution >= 0.6 is 24.0 Å². The predicted molar refractivity (Wildman–Crippen MR) is 125 cm³/mol. The Morgan fingerprint density at radius 1 is 1.18 bits per heavy atom. The summed E-state index contributed by atoms with van der Waals surface area (Å²) < 4.78 is 10.8. The van der Waals surface area contributed by atoms with Crippen LogP contribution in [0.25, 0.3) is 0 Å². The van der Waals surface area contributed by atoms with E-state index in [9.17, 15) is 0 Å². The summed E-state index contributed by atoms with van der Waals surface area (Å²) in [5.41, 5.74) is 2.58. The molecule has 7 heteroatoms. The smallest absolute Gasteiger partial charge is 0.191 e. The molecule has 0 saturated carbocycles. The van der Waals surface area contributed by atoms with Crippen LogP contribution in [0, 0.1) is 0 Å². The summed E-state index contributed by atoms with van der Waals surface area (Å²) in [5.74, 6) is 1.66. The number of benzene rings is 1. The van der Waals surface area contributed by atoms with E-state index in [0.29, 0.717) is 13.2 Å². The minimum absolute atomic E-state index is 0. The Bertz CT molecular complexity index is 677. The number of ether oxygens (including phenoxy) is 1. The molecule has 0 fully saturated rings. The number of nitrogens with zero attached hydrogens (tertiary/aromatic N) is 2. The minimum Gasteiger partial charge on any atom is -0.467 e. The molecule has 156 valence electrons. The van der Waals surface area contributed by atoms with Crippen LogP contribution < -0.4 is 10.6 Å². The van der Waals surface area contributed by atoms with E-state index >= 15 is 0 Å². The molecule has 0 unspecified atom stereocenters. The number of nitrogens with one attached hydrogen (secondary N) is 2. The van der Waals surface area contributed by atoms with Crippen molar-refractivity contribution in [2.45, 2.75) is 33.0 Å². The first-order chi connectivity index (χ1) is 13.2. The molecule has 2 aromatic rings. The Morgan fingerprint density at radius 3 is 2.71 bits per heavy atom. The second kappa shape index (κ2) is 14.4. The fourth-order valence-electron chi connectivity index (χ4n) is 2.62. The van der Waals surface area contributed by atoms with Crippen molar-refractivity contribution in [3.8, 4) is 0 Å². The molecule has 2 rings (SSSR count). The number of hydrogen-bond acceptors (Lipinski definition) is 4. The molecular formula is C21H33IN4O2. The van der Waals surface area contributed by atoms with E-state index in [1.165, 1.54) is 11.1 Å². The van der Waals surface area contributed by atoms with Gasteiger partial charge in [0.25, 0.3) is 0 Å². The molecule has 1 aromatic carbocycles. The SMILES string of the molecule is CCN(C)Cc1cccc(CNC(=NC)NCCCOCc2ccco2)c1.I. The Hall–Kier alpha value is -1.58. The second-order valence-electron chi connectivity index (χ2n) is 6.49. The van der Waals surface area contributed by atoms with Gasteiger partial charge in [-0.1, -0.05) is 31.2 Å². The zero-order chi connectivity index (χ0) is 19.3. The van der Waals surface area contributed by atoms with Gasteiger partial charge < -0.3 is 24.7 Å². The van der Waals surface area contributed by atoms with E-state index in [1.807, 2.05) is 12.1 Å². The van der Waals surface area contributed by atoms with E-state index in [2.05, 4.69) is 58.8 Å². The van der Waals surface area contributed by atoms with Gasteiger partial charge in [-0.3, -0.25) is 4.99 Å². The molecule has 28 heavy (non-hydrogen) atoms. The highest BCUT2D eigenvalue weighted by molar-refractivity contribution is 14.0. The van der Waals surface area contributed by atoms with Crippen LogP contribution in [0.4, 0.5) is 0 Å². The van der Waals surface area contributed by atoms with Gasteiger partial charge in [0, 0.05) is 33.3 Å². The third-order valence-electron chi connectivity index (χ3n) is 4.25. The highest BCUT2D eigenvalue weighted by Gasteiger charge is 2.02. The number of furan rings is 1. The van der Waals surface area contributed by atoms with E-state index < -0.39 is 0 Å². The molecular weight excluding hydrogens is 467 g/mol. The van der Waals surface area contributed by atoms with Crippen molar-refractivity contribution >= 4 is 29.9 Å². The van der Waals surface area contributed by atoms with Gasteiger partial charge in [-0.2, -0.15) is 0 Å². The topological polar surface area (TPSA) is 62.0 Å². The van der Waals surface area contributed by atoms with E-state index in [1.54, 1.807) is 13.3 Å². The molecule has 1 aromatic heterocycles. The van der Waals surface area contributed by atoms with Gasteiger partial charge in [-0.25, -0.2) is 0 Å². The van der Waals surface area contributed by atoms with Crippen LogP contribution in [-0.2, 0) is 24.4 Å². The normalized spacial score (nSPS) is 11.4. The summed E-state index contributed by atoms with van der Waals surface area (Å²) in [4.78, 5) is 6.57. The van der Waals surface area contributed by atoms with Gasteiger partial charge in [0.1, 0.15) is 12.4 Å². The van der Waals surface area contributed by atoms with Crippen molar-refractivity contribution in [3.63, 3.8) is 0 Å². The van der Waals surface area contributed by atoms with Crippen molar-refractivity contribution in [1.29, 1.82) is 0 Å². The van der Waals surface area contributed by atoms with Crippen LogP contribution in [-0.4, -0.2) is 44.7 Å². The molecule has 6 nitrogen and oxygen atoms in total. The number of hydrogen-bond donors (Lipinski definition) is 2. The van der Waals surface area contributed by atoms with Crippen LogP contribution in [0.1, 0.15) is 30.2 Å². The lowest BCUT2D eigenvalue weighted by atomic mass is 10.1. The lowest BCUT2D eigenvalue weighted by Gasteiger charge is -2.15. The summed E-state index contributed by atoms with van der Waals surface area (Å²) in [6.07, 6.45) is 2.56. The Labute approximate surface area is 185 Å². The maximum absolute atomic E-state index is 5.58. The van der Waals surface area contributed by atoms with Crippen molar-refractivity contribution in [3.05, 3.63) is 59.5 Å². The first-order valence-corrected chi connectivity index (χ1v) is 9.52. The number of halogens is 1. The largest absolute Gasteiger partial charge is 0.467 e. The monoisotopic (exact) mass is 500 g/mol. The highest BCUT2D eigenvalue weighted by atomic mass is 127. The Balaban J connectivity index is 0.00000392. The lowest BCUT2D eigenvalue weighted by molar-refractivity contribution is 0.105. The minimum atomic E-state index is 0. The Kier molecular flexibility index (Phi) is 12.6. The molecule has 1 heterocycles. The molecule has 2 N–H and O–H groups in total. The third-order valence-corrected chi connectivity index (χ3v) is 4.25. The maximum Gasteiger partial charge on any atom is 0.191 e. The van der Waals surface area contributed by atoms with E-state index in [4.69, 9.17) is 9.15 Å². The van der Waals surface area contributed by atoms with Gasteiger partial charge in [0.2, 0.25) is 0 Å². The van der Waals surface area contributed by atoms with Gasteiger partial charge in [-0.05, 0) is 43.3 Å². The quantitative estimate of drug-likeness (QED) is 0.214. The Morgan fingerprint density at radius 2 is 2.00 bits per heavy atom. The zero-order valence-electron chi connectivity index (χ0n) is 17.1. The molecule has 0 aliphatic rings. The van der Waals surface area contributed by atoms with Gasteiger partial charge >= 0.3 is 0 Å². The fourth-order valence-corrected chi connectivity index (χ4v) is 2.62. The third kappa shape index (κ3) is 9.57. The molecule has 0 amide bonds. The summed E-state index contributed by atoms with van der Waals surface area (Å²) in [5, 5.41) is 6.68. The summed E-state index contributed by atoms with van der Waals surface area (Å²) in [6.45, 7) is 6.93. The summed E-state index contributed by atoms with van der Waals surface area (Å²) in [7, 11) is 3.92. The van der Waals surface area contributed by atoms with E-state index in [0.717, 1.165) is 44.3 Å². The average molecular weight is 500 g/mol. The van der Waals surface area contributed by atoms with Crippen LogP contribution in [0.15, 0.2) is 52.1 Å². The molecule has 0 saturated heterocycles. The number of aliphatic imine (C=N–C) groups is 1. The van der Waals surface area contributed by atoms with Crippen molar-refractivity contribution in [1.82, 2.24) is 15.5 Å². The van der Waals surface area contributed by atoms with Crippen molar-refractivity contribution < 1.29 is 9.15 Å². The molecule has 0 atom stereocenters. The standard InChI is InChI=1S/C21H32N4O2.HI/c1-4-25(3)16-19-9-5-8-18(14-19)15-24-21(22-2)23-11-7-12-26-17-20-10-6-13-27-20;/h5-6,8-10,13-14H,4,7,11-12,15-17H2,1-3H3,(H2,22,23,24);1H. The van der Waals surface area contributed by atoms with Crippen LogP contribution in [0.5, 0.6) is 0 Å². The molecule has 0 aliphatic carbocycles. The average Bonchev–Trinajstić information content (AvgIpc) is 3.20. The fraction of sp³-hybridized carbons (Fsp3) is 0.476. The summed E-state index contributed by atoms with van der Waals surface area (Å²) in [6, 6.07) is 12.5. The first kappa shape index (κ1) is 24.5. The van der Waals surface area contributed by atoms with Gasteiger partial charge in [0.05, 0.1) is 6.26 Å². The van der Waals surface area contributed by atoms with Gasteiger partial charge in [0.15, 0.2) is 5.96 Å². The van der Waals surface area contributed by atoms with Crippen LogP contribution in [0.2, 0.25) is 0 Å². The molecule has 0 spiro atoms.